The number of ether oxygens (including phenoxy) is 2. The van der Waals surface area contributed by atoms with Gasteiger partial charge in [0.15, 0.2) is 43.3 Å². The molecular weight excluding hydrogens is 1800 g/mol. The van der Waals surface area contributed by atoms with Gasteiger partial charge in [0.2, 0.25) is 40.1 Å². The number of aromatic carboxylic acids is 4. The van der Waals surface area contributed by atoms with E-state index in [2.05, 4.69) is 65.6 Å². The average molecular weight is 1880 g/mol. The number of sulfonamides is 4. The van der Waals surface area contributed by atoms with E-state index in [0.29, 0.717) is 65.1 Å². The van der Waals surface area contributed by atoms with Crippen molar-refractivity contribution >= 4 is 159 Å². The van der Waals surface area contributed by atoms with Gasteiger partial charge in [0, 0.05) is 112 Å². The Morgan fingerprint density at radius 1 is 0.398 bits per heavy atom. The van der Waals surface area contributed by atoms with Crippen molar-refractivity contribution in [1.29, 1.82) is 0 Å². The number of hydrogen-bond donors (Lipinski definition) is 8. The molecule has 7 aromatic carbocycles. The minimum absolute atomic E-state index is 0.00528. The van der Waals surface area contributed by atoms with E-state index in [1.165, 1.54) is 121 Å². The lowest BCUT2D eigenvalue weighted by molar-refractivity contribution is 0.0342. The number of nitrogens with two attached hydrogens (primary N) is 4. The van der Waals surface area contributed by atoms with Gasteiger partial charge >= 0.3 is 23.9 Å². The lowest BCUT2D eigenvalue weighted by Gasteiger charge is -2.30. The van der Waals surface area contributed by atoms with E-state index < -0.39 is 64.0 Å². The number of morpholine rings is 2. The molecule has 2 aliphatic rings. The largest absolute Gasteiger partial charge is 0.476 e. The molecule has 0 unspecified atom stereocenters. The van der Waals surface area contributed by atoms with Crippen LogP contribution in [0.2, 0.25) is 0 Å². The van der Waals surface area contributed by atoms with Gasteiger partial charge in [-0.3, -0.25) is 23.2 Å². The summed E-state index contributed by atoms with van der Waals surface area (Å²) in [5.74, 6) is -4.28. The molecule has 658 valence electrons. The Morgan fingerprint density at radius 3 is 1.09 bits per heavy atom. The highest BCUT2D eigenvalue weighted by molar-refractivity contribution is 7.90. The van der Waals surface area contributed by atoms with E-state index in [-0.39, 0.29) is 42.4 Å². The van der Waals surface area contributed by atoms with Gasteiger partial charge in [0.05, 0.1) is 62.6 Å². The van der Waals surface area contributed by atoms with Crippen molar-refractivity contribution in [2.45, 2.75) is 58.7 Å². The van der Waals surface area contributed by atoms with Crippen LogP contribution >= 0.6 is 45.3 Å². The molecule has 0 aliphatic carbocycles. The number of fused-ring (bicyclic) bond motifs is 4. The van der Waals surface area contributed by atoms with Crippen LogP contribution in [-0.4, -0.2) is 184 Å². The molecule has 2 fully saturated rings. The number of rotatable bonds is 24. The molecule has 33 nitrogen and oxygen atoms in total. The molecule has 41 heteroatoms. The maximum atomic E-state index is 11.6. The quantitative estimate of drug-likeness (QED) is 0.0278. The van der Waals surface area contributed by atoms with E-state index in [1.807, 2.05) is 87.9 Å². The van der Waals surface area contributed by atoms with Crippen molar-refractivity contribution in [3.63, 3.8) is 0 Å². The van der Waals surface area contributed by atoms with Crippen LogP contribution in [0, 0.1) is 6.92 Å². The Kier molecular flexibility index (Phi) is 26.5. The molecule has 0 spiro atoms. The second-order valence-corrected chi connectivity index (χ2v) is 39.3. The summed E-state index contributed by atoms with van der Waals surface area (Å²) in [4.78, 5) is 71.2. The normalized spacial score (nSPS) is 13.4. The molecule has 2 aliphatic heterocycles. The number of carboxylic acids is 4. The zero-order valence-electron chi connectivity index (χ0n) is 67.7. The summed E-state index contributed by atoms with van der Waals surface area (Å²) in [5, 5.41) is 69.9. The predicted octanol–water partition coefficient (Wildman–Crippen LogP) is 11.9. The van der Waals surface area contributed by atoms with Crippen molar-refractivity contribution in [2.75, 3.05) is 52.6 Å². The SMILES string of the molecule is C=C(c1ccc2c(c1)c(Cc1ccc(S(N)(=O)=O)cc1)cn2-c1nc(C(=O)O)cs1)N1CCOCC1.Cc1ccc2c(c1)c(Cc1ccc(S(N)(=O)=O)cc1)cn2-c1nc(C(=O)O)cs1.NS(=O)(=O)c1ccc(Cc2cn(-c3nc(C(=O)O)cs3)c3ccc(CN4CCOCC4)cc23)cc1.NS(=O)(=O)c1ccc(Cc2cn(-c3nc(C(=O)O)cs3)c3ncccc23)cc1. The Labute approximate surface area is 748 Å². The van der Waals surface area contributed by atoms with Crippen LogP contribution in [0.5, 0.6) is 0 Å². The lowest BCUT2D eigenvalue weighted by atomic mass is 10.0. The molecule has 16 aromatic rings. The third-order valence-corrected chi connectivity index (χ3v) is 28.1. The van der Waals surface area contributed by atoms with Gasteiger partial charge in [-0.25, -0.2) is 98.3 Å². The van der Waals surface area contributed by atoms with Gasteiger partial charge < -0.3 is 34.8 Å². The smallest absolute Gasteiger partial charge is 0.355 e. The van der Waals surface area contributed by atoms with E-state index >= 15 is 0 Å². The van der Waals surface area contributed by atoms with Crippen molar-refractivity contribution in [1.82, 2.24) is 53.0 Å². The third kappa shape index (κ3) is 20.9. The number of nitrogens with zero attached hydrogens (tertiary/aromatic N) is 11. The molecule has 9 aromatic heterocycles. The van der Waals surface area contributed by atoms with Crippen LogP contribution in [0.4, 0.5) is 0 Å². The first kappa shape index (κ1) is 90.1. The first-order valence-corrected chi connectivity index (χ1v) is 48.6. The summed E-state index contributed by atoms with van der Waals surface area (Å²) in [7, 11) is -15.0. The molecule has 2 saturated heterocycles. The molecule has 0 amide bonds. The van der Waals surface area contributed by atoms with Crippen LogP contribution in [-0.2, 0) is 81.8 Å². The lowest BCUT2D eigenvalue weighted by Crippen LogP contribution is -2.35. The zero-order chi connectivity index (χ0) is 90.7. The van der Waals surface area contributed by atoms with Gasteiger partial charge in [-0.15, -0.1) is 45.3 Å². The van der Waals surface area contributed by atoms with Crippen LogP contribution in [0.1, 0.15) is 103 Å². The molecule has 0 saturated carbocycles. The Hall–Kier alpha value is -12.7. The maximum absolute atomic E-state index is 11.6. The number of benzene rings is 7. The average Bonchev–Trinajstić information content (AvgIpc) is 1.63. The Morgan fingerprint density at radius 2 is 0.719 bits per heavy atom. The van der Waals surface area contributed by atoms with E-state index in [9.17, 15) is 63.1 Å². The molecule has 0 atom stereocenters. The fraction of sp³-hybridized carbons (Fsp3) is 0.161. The maximum Gasteiger partial charge on any atom is 0.355 e. The molecular formula is C87H79N15O18S8. The number of carboxylic acid groups (broad SMARTS) is 4. The topological polar surface area (TPSA) is 499 Å². The van der Waals surface area contributed by atoms with Crippen LogP contribution in [0.15, 0.2) is 242 Å². The molecule has 18 rings (SSSR count). The first-order valence-electron chi connectivity index (χ1n) is 38.9. The summed E-state index contributed by atoms with van der Waals surface area (Å²) in [6.45, 7) is 13.2. The monoisotopic (exact) mass is 1880 g/mol. The highest BCUT2D eigenvalue weighted by atomic mass is 32.2. The number of aryl methyl sites for hydroxylation is 1. The predicted molar refractivity (Wildman–Crippen MR) is 486 cm³/mol. The Balaban J connectivity index is 0.000000132. The van der Waals surface area contributed by atoms with E-state index in [1.54, 1.807) is 59.3 Å². The highest BCUT2D eigenvalue weighted by Gasteiger charge is 2.25. The highest BCUT2D eigenvalue weighted by Crippen LogP contribution is 2.36. The number of thiazole rings is 4. The zero-order valence-corrected chi connectivity index (χ0v) is 74.2. The van der Waals surface area contributed by atoms with Gasteiger partial charge in [-0.05, 0) is 185 Å². The third-order valence-electron chi connectivity index (χ3n) is 21.0. The number of aromatic nitrogens is 9. The summed E-state index contributed by atoms with van der Waals surface area (Å²) in [6, 6.07) is 48.0. The van der Waals surface area contributed by atoms with Gasteiger partial charge in [0.1, 0.15) is 5.65 Å². The molecule has 0 bridgehead atoms. The second-order valence-electron chi connectivity index (χ2n) is 29.8. The van der Waals surface area contributed by atoms with Gasteiger partial charge in [-0.1, -0.05) is 78.9 Å². The van der Waals surface area contributed by atoms with Gasteiger partial charge in [-0.2, -0.15) is 0 Å². The fourth-order valence-electron chi connectivity index (χ4n) is 14.6. The number of carbonyl (C=O) groups is 4. The summed E-state index contributed by atoms with van der Waals surface area (Å²) in [5.41, 5.74) is 15.3. The summed E-state index contributed by atoms with van der Waals surface area (Å²) >= 11 is 5.01. The van der Waals surface area contributed by atoms with Crippen LogP contribution in [0.25, 0.3) is 70.0 Å². The standard InChI is InChI=1S/C25H24N4O5S2.C24H24N4O5S2.C20H17N3O4S2.C18H14N4O4S2/c1-16(28-8-10-34-11-9-28)18-4-7-23-21(13-18)19(12-17-2-5-20(6-3-17)36(26,32)33)14-29(23)25-27-22(15-35-25)24(30)31;25-35(31,32)19-4-1-16(2-5-19)11-18-14-28(24-26-21(15-34-24)23(29)30)22-6-3-17(12-20(18)22)13-27-7-9-33-10-8-27;1-12-2-7-18-16(8-12)14(9-13-3-5-15(6-4-13)29(21,26)27)10-23(18)20-22-17(11-28-20)19(24)25;19-28(25,26)13-5-3-11(4-6-13)8-12-9-22(16-14(12)2-1-7-20-16)18-21-15(10-27-18)17(23)24/h2-7,13-15H,1,8-12H2,(H,30,31)(H2,26,32,33);1-6,12,14-15H,7-11,13H2,(H,29,30)(H2,25,31,32);2-8,10-11H,9H2,1H3,(H,24,25)(H2,21,26,27);1-7,9-10H,8H2,(H,23,24)(H2,19,25,26). The van der Waals surface area contributed by atoms with Crippen molar-refractivity contribution in [3.8, 4) is 20.5 Å². The first-order chi connectivity index (χ1) is 61.0. The molecule has 12 N–H and O–H groups in total. The summed E-state index contributed by atoms with van der Waals surface area (Å²) < 4.78 is 111. The minimum atomic E-state index is -3.77. The molecule has 0 radical (unpaired) electrons. The van der Waals surface area contributed by atoms with Crippen LogP contribution in [0.3, 0.4) is 0 Å². The van der Waals surface area contributed by atoms with Crippen molar-refractivity contribution in [3.05, 3.63) is 307 Å². The molecule has 128 heavy (non-hydrogen) atoms. The van der Waals surface area contributed by atoms with Crippen LogP contribution < -0.4 is 20.6 Å². The second kappa shape index (κ2) is 37.7. The Bertz CT molecular complexity index is 7430. The van der Waals surface area contributed by atoms with Crippen molar-refractivity contribution in [2.24, 2.45) is 20.6 Å². The summed E-state index contributed by atoms with van der Waals surface area (Å²) in [6.07, 6.45) is 11.6. The van der Waals surface area contributed by atoms with E-state index in [4.69, 9.17) is 40.2 Å². The number of primary sulfonamides is 4. The minimum Gasteiger partial charge on any atom is -0.476 e. The van der Waals surface area contributed by atoms with Crippen molar-refractivity contribution < 1.29 is 82.7 Å². The number of hydrogen-bond acceptors (Lipinski definition) is 25. The molecule has 11 heterocycles. The van der Waals surface area contributed by atoms with Gasteiger partial charge in [0.25, 0.3) is 0 Å². The number of pyridine rings is 1. The van der Waals surface area contributed by atoms with E-state index in [0.717, 1.165) is 145 Å². The fourth-order valence-corrected chi connectivity index (χ4v) is 19.8.